The molecule has 0 spiro atoms. The molecule has 1 N–H and O–H groups in total. The van der Waals surface area contributed by atoms with E-state index in [0.29, 0.717) is 17.7 Å². The number of hydrogen-bond acceptors (Lipinski definition) is 3. The van der Waals surface area contributed by atoms with Crippen molar-refractivity contribution in [1.82, 2.24) is 0 Å². The van der Waals surface area contributed by atoms with E-state index in [-0.39, 0.29) is 34.2 Å². The summed E-state index contributed by atoms with van der Waals surface area (Å²) in [5.74, 6) is 1.36. The Morgan fingerprint density at radius 2 is 1.92 bits per heavy atom. The number of carbonyl (C=O) groups is 1. The third-order valence-corrected chi connectivity index (χ3v) is 6.60. The lowest BCUT2D eigenvalue weighted by Crippen LogP contribution is -2.49. The summed E-state index contributed by atoms with van der Waals surface area (Å²) in [7, 11) is 1.60. The molecule has 3 heteroatoms. The number of carbonyl (C=O) groups excluding carboxylic acids is 1. The number of Topliss-reactive ketones (excluding diaryl/α,β-unsaturated/α-hetero) is 1. The summed E-state index contributed by atoms with van der Waals surface area (Å²) < 4.78 is 5.55. The van der Waals surface area contributed by atoms with Crippen molar-refractivity contribution in [1.29, 1.82) is 0 Å². The first-order chi connectivity index (χ1) is 11.1. The van der Waals surface area contributed by atoms with Crippen LogP contribution in [0.5, 0.6) is 11.5 Å². The summed E-state index contributed by atoms with van der Waals surface area (Å²) >= 11 is 0. The molecule has 0 aliphatic heterocycles. The van der Waals surface area contributed by atoms with E-state index < -0.39 is 0 Å². The van der Waals surface area contributed by atoms with Gasteiger partial charge in [0.2, 0.25) is 0 Å². The van der Waals surface area contributed by atoms with Crippen molar-refractivity contribution in [3.63, 3.8) is 0 Å². The number of rotatable bonds is 2. The van der Waals surface area contributed by atoms with Crippen LogP contribution >= 0.6 is 0 Å². The fourth-order valence-corrected chi connectivity index (χ4v) is 5.33. The fraction of sp³-hybridized carbons (Fsp3) is 0.667. The molecule has 1 aromatic rings. The Morgan fingerprint density at radius 1 is 1.25 bits per heavy atom. The van der Waals surface area contributed by atoms with Gasteiger partial charge in [-0.1, -0.05) is 41.0 Å². The summed E-state index contributed by atoms with van der Waals surface area (Å²) in [6.45, 7) is 10.9. The van der Waals surface area contributed by atoms with Crippen LogP contribution in [0.3, 0.4) is 0 Å². The maximum Gasteiger partial charge on any atom is 0.164 e. The lowest BCUT2D eigenvalue weighted by molar-refractivity contribution is 0.0354. The molecule has 0 amide bonds. The Labute approximate surface area is 145 Å². The molecule has 2 aliphatic carbocycles. The minimum Gasteiger partial charge on any atom is -0.504 e. The van der Waals surface area contributed by atoms with Gasteiger partial charge in [0.1, 0.15) is 0 Å². The van der Waals surface area contributed by atoms with E-state index in [9.17, 15) is 9.90 Å². The van der Waals surface area contributed by atoms with Crippen LogP contribution in [0, 0.1) is 11.3 Å². The van der Waals surface area contributed by atoms with Crippen LogP contribution in [0.25, 0.3) is 0 Å². The Morgan fingerprint density at radius 3 is 2.50 bits per heavy atom. The molecule has 3 rings (SSSR count). The fourth-order valence-electron chi connectivity index (χ4n) is 5.33. The van der Waals surface area contributed by atoms with Gasteiger partial charge in [-0.05, 0) is 36.2 Å². The number of phenolic OH excluding ortho intramolecular Hbond substituents is 1. The molecule has 0 radical (unpaired) electrons. The van der Waals surface area contributed by atoms with Gasteiger partial charge in [-0.25, -0.2) is 0 Å². The average molecular weight is 330 g/mol. The van der Waals surface area contributed by atoms with Gasteiger partial charge in [0.15, 0.2) is 17.3 Å². The van der Waals surface area contributed by atoms with Crippen molar-refractivity contribution in [2.24, 2.45) is 11.3 Å². The normalized spacial score (nSPS) is 28.5. The Hall–Kier alpha value is -1.51. The van der Waals surface area contributed by atoms with Crippen LogP contribution in [0.2, 0.25) is 0 Å². The van der Waals surface area contributed by atoms with E-state index in [2.05, 4.69) is 34.6 Å². The second kappa shape index (κ2) is 5.50. The lowest BCUT2D eigenvalue weighted by Gasteiger charge is -2.54. The Kier molecular flexibility index (Phi) is 3.97. The minimum absolute atomic E-state index is 0.108. The molecule has 1 saturated carbocycles. The van der Waals surface area contributed by atoms with Crippen molar-refractivity contribution in [2.75, 3.05) is 7.11 Å². The van der Waals surface area contributed by atoms with E-state index in [4.69, 9.17) is 4.74 Å². The highest BCUT2D eigenvalue weighted by molar-refractivity contribution is 6.01. The maximum absolute atomic E-state index is 12.9. The Bertz CT molecular complexity index is 687. The van der Waals surface area contributed by atoms with Crippen molar-refractivity contribution < 1.29 is 14.6 Å². The van der Waals surface area contributed by atoms with Crippen LogP contribution in [0.1, 0.15) is 87.7 Å². The molecule has 0 aromatic heterocycles. The van der Waals surface area contributed by atoms with Gasteiger partial charge in [-0.2, -0.15) is 0 Å². The van der Waals surface area contributed by atoms with Crippen molar-refractivity contribution in [3.8, 4) is 11.5 Å². The second-order valence-electron chi connectivity index (χ2n) is 8.86. The molecule has 24 heavy (non-hydrogen) atoms. The second-order valence-corrected chi connectivity index (χ2v) is 8.86. The molecule has 2 atom stereocenters. The third-order valence-electron chi connectivity index (χ3n) is 6.60. The molecule has 1 fully saturated rings. The largest absolute Gasteiger partial charge is 0.504 e. The van der Waals surface area contributed by atoms with Crippen molar-refractivity contribution in [3.05, 3.63) is 22.8 Å². The SMILES string of the molecule is COc1c(C(C)C)cc2c(c1O)[C@@]1(C)CCCC(C)(C)C1CC2=O. The summed E-state index contributed by atoms with van der Waals surface area (Å²) in [5.41, 5.74) is 2.40. The van der Waals surface area contributed by atoms with Gasteiger partial charge in [0, 0.05) is 28.5 Å². The summed E-state index contributed by atoms with van der Waals surface area (Å²) in [5, 5.41) is 11.1. The smallest absolute Gasteiger partial charge is 0.164 e. The van der Waals surface area contributed by atoms with Crippen LogP contribution in [0.4, 0.5) is 0 Å². The topological polar surface area (TPSA) is 46.5 Å². The average Bonchev–Trinajstić information content (AvgIpc) is 2.48. The van der Waals surface area contributed by atoms with Gasteiger partial charge in [0.25, 0.3) is 0 Å². The van der Waals surface area contributed by atoms with Crippen LogP contribution in [-0.4, -0.2) is 18.0 Å². The number of benzene rings is 1. The van der Waals surface area contributed by atoms with E-state index in [1.807, 2.05) is 6.07 Å². The van der Waals surface area contributed by atoms with Crippen LogP contribution < -0.4 is 4.74 Å². The predicted octanol–water partition coefficient (Wildman–Crippen LogP) is 5.19. The highest BCUT2D eigenvalue weighted by atomic mass is 16.5. The predicted molar refractivity (Wildman–Crippen MR) is 96.2 cm³/mol. The summed E-state index contributed by atoms with van der Waals surface area (Å²) in [4.78, 5) is 12.9. The molecular weight excluding hydrogens is 300 g/mol. The van der Waals surface area contributed by atoms with Gasteiger partial charge < -0.3 is 9.84 Å². The highest BCUT2D eigenvalue weighted by Gasteiger charge is 2.53. The first kappa shape index (κ1) is 17.3. The molecule has 2 aliphatic rings. The molecule has 0 saturated heterocycles. The number of ether oxygens (including phenoxy) is 1. The maximum atomic E-state index is 12.9. The summed E-state index contributed by atoms with van der Waals surface area (Å²) in [6, 6.07) is 1.98. The highest BCUT2D eigenvalue weighted by Crippen LogP contribution is 2.60. The third kappa shape index (κ3) is 2.28. The Balaban J connectivity index is 2.30. The standard InChI is InChI=1S/C21H30O3/c1-12(2)13-10-14-15(22)11-16-20(3,4)8-7-9-21(16,5)17(14)18(23)19(13)24-6/h10,12,16,23H,7-9,11H2,1-6H3/t16?,21-/m0/s1. The van der Waals surface area contributed by atoms with Gasteiger partial charge in [0.05, 0.1) is 7.11 Å². The monoisotopic (exact) mass is 330 g/mol. The van der Waals surface area contributed by atoms with Crippen molar-refractivity contribution >= 4 is 5.78 Å². The molecule has 0 heterocycles. The lowest BCUT2D eigenvalue weighted by atomic mass is 9.50. The molecule has 1 aromatic carbocycles. The van der Waals surface area contributed by atoms with E-state index in [1.165, 1.54) is 0 Å². The number of phenols is 1. The summed E-state index contributed by atoms with van der Waals surface area (Å²) in [6.07, 6.45) is 3.86. The minimum atomic E-state index is -0.169. The molecular formula is C21H30O3. The van der Waals surface area contributed by atoms with Crippen LogP contribution in [0.15, 0.2) is 6.07 Å². The molecule has 1 unspecified atom stereocenters. The number of ketones is 1. The van der Waals surface area contributed by atoms with Gasteiger partial charge >= 0.3 is 0 Å². The molecule has 132 valence electrons. The molecule has 3 nitrogen and oxygen atoms in total. The quantitative estimate of drug-likeness (QED) is 0.811. The van der Waals surface area contributed by atoms with E-state index >= 15 is 0 Å². The van der Waals surface area contributed by atoms with Crippen molar-refractivity contribution in [2.45, 2.75) is 71.6 Å². The zero-order chi connectivity index (χ0) is 17.9. The van der Waals surface area contributed by atoms with Gasteiger partial charge in [-0.3, -0.25) is 4.79 Å². The van der Waals surface area contributed by atoms with Crippen LogP contribution in [-0.2, 0) is 5.41 Å². The first-order valence-electron chi connectivity index (χ1n) is 9.11. The zero-order valence-corrected chi connectivity index (χ0v) is 15.8. The van der Waals surface area contributed by atoms with E-state index in [0.717, 1.165) is 30.4 Å². The zero-order valence-electron chi connectivity index (χ0n) is 15.8. The number of fused-ring (bicyclic) bond motifs is 3. The number of hydrogen-bond donors (Lipinski definition) is 1. The molecule has 0 bridgehead atoms. The number of methoxy groups -OCH3 is 1. The number of aromatic hydroxyl groups is 1. The van der Waals surface area contributed by atoms with E-state index in [1.54, 1.807) is 7.11 Å². The first-order valence-corrected chi connectivity index (χ1v) is 9.11. The van der Waals surface area contributed by atoms with Gasteiger partial charge in [-0.15, -0.1) is 0 Å².